The van der Waals surface area contributed by atoms with Crippen molar-refractivity contribution in [2.75, 3.05) is 14.2 Å². The second-order valence-corrected chi connectivity index (χ2v) is 9.78. The molecular formula is C12H10IO4S2+. The highest BCUT2D eigenvalue weighted by Gasteiger charge is 2.24. The number of hydrogen-bond acceptors (Lipinski definition) is 6. The first-order valence-electron chi connectivity index (χ1n) is 5.15. The molecule has 2 heterocycles. The summed E-state index contributed by atoms with van der Waals surface area (Å²) in [5.41, 5.74) is 0. The second kappa shape index (κ2) is 6.49. The summed E-state index contributed by atoms with van der Waals surface area (Å²) < 4.78 is 11.7. The quantitative estimate of drug-likeness (QED) is 0.506. The fourth-order valence-electron chi connectivity index (χ4n) is 1.24. The lowest BCUT2D eigenvalue weighted by Crippen LogP contribution is -3.61. The second-order valence-electron chi connectivity index (χ2n) is 3.29. The Labute approximate surface area is 128 Å². The van der Waals surface area contributed by atoms with Crippen LogP contribution in [0.25, 0.3) is 0 Å². The SMILES string of the molecule is COC(=O)c1ccc([I+]c2ccc(C(=O)OC)s2)s1. The number of hydrogen-bond donors (Lipinski definition) is 0. The van der Waals surface area contributed by atoms with E-state index in [1.165, 1.54) is 36.9 Å². The summed E-state index contributed by atoms with van der Waals surface area (Å²) in [4.78, 5) is 23.9. The Morgan fingerprint density at radius 3 is 1.68 bits per heavy atom. The van der Waals surface area contributed by atoms with Crippen molar-refractivity contribution in [2.24, 2.45) is 0 Å². The molecule has 0 aliphatic rings. The maximum atomic E-state index is 11.4. The van der Waals surface area contributed by atoms with Crippen molar-refractivity contribution in [3.8, 4) is 0 Å². The van der Waals surface area contributed by atoms with Gasteiger partial charge in [0, 0.05) is 12.1 Å². The van der Waals surface area contributed by atoms with E-state index in [0.29, 0.717) is 9.75 Å². The van der Waals surface area contributed by atoms with Crippen molar-refractivity contribution in [1.29, 1.82) is 0 Å². The summed E-state index contributed by atoms with van der Waals surface area (Å²) in [5, 5.41) is 0. The summed E-state index contributed by atoms with van der Waals surface area (Å²) in [6.07, 6.45) is 0. The first kappa shape index (κ1) is 14.5. The van der Waals surface area contributed by atoms with E-state index in [0.717, 1.165) is 5.77 Å². The Kier molecular flexibility index (Phi) is 4.94. The Bertz CT molecular complexity index is 550. The minimum Gasteiger partial charge on any atom is -0.465 e. The highest BCUT2D eigenvalue weighted by molar-refractivity contribution is 7.12. The van der Waals surface area contributed by atoms with Gasteiger partial charge in [-0.1, -0.05) is 22.7 Å². The third-order valence-corrected chi connectivity index (χ3v) is 7.95. The maximum Gasteiger partial charge on any atom is 0.381 e. The number of thiophene rings is 2. The third-order valence-electron chi connectivity index (χ3n) is 2.11. The van der Waals surface area contributed by atoms with Gasteiger partial charge in [-0.3, -0.25) is 0 Å². The Balaban J connectivity index is 2.09. The van der Waals surface area contributed by atoms with Crippen LogP contribution in [0.1, 0.15) is 19.3 Å². The van der Waals surface area contributed by atoms with E-state index in [-0.39, 0.29) is 33.1 Å². The molecule has 0 unspecified atom stereocenters. The molecule has 0 spiro atoms. The Morgan fingerprint density at radius 2 is 1.32 bits per heavy atom. The van der Waals surface area contributed by atoms with E-state index in [4.69, 9.17) is 0 Å². The minimum absolute atomic E-state index is 0.304. The van der Waals surface area contributed by atoms with Gasteiger partial charge >= 0.3 is 33.1 Å². The molecule has 0 aliphatic heterocycles. The normalized spacial score (nSPS) is 10.2. The number of methoxy groups -OCH3 is 2. The average molecular weight is 409 g/mol. The van der Waals surface area contributed by atoms with Crippen molar-refractivity contribution in [2.45, 2.75) is 0 Å². The number of esters is 2. The molecule has 0 saturated carbocycles. The van der Waals surface area contributed by atoms with Gasteiger partial charge in [-0.2, -0.15) is 0 Å². The molecule has 0 fully saturated rings. The summed E-state index contributed by atoms with van der Waals surface area (Å²) in [5.74, 6) is -0.608. The molecule has 0 amide bonds. The van der Waals surface area contributed by atoms with Gasteiger partial charge in [0.2, 0.25) is 5.77 Å². The van der Waals surface area contributed by atoms with Crippen molar-refractivity contribution in [3.05, 3.63) is 39.8 Å². The predicted molar refractivity (Wildman–Crippen MR) is 68.7 cm³/mol. The number of rotatable bonds is 4. The molecule has 0 atom stereocenters. The van der Waals surface area contributed by atoms with Crippen LogP contribution in [-0.4, -0.2) is 26.2 Å². The van der Waals surface area contributed by atoms with Crippen molar-refractivity contribution >= 4 is 34.6 Å². The van der Waals surface area contributed by atoms with Gasteiger partial charge in [-0.05, 0) is 12.1 Å². The van der Waals surface area contributed by atoms with E-state index in [2.05, 4.69) is 9.47 Å². The Morgan fingerprint density at radius 1 is 0.895 bits per heavy atom. The standard InChI is InChI=1S/C12H10IO4S2/c1-16-11(14)7-3-5-9(18-7)13-10-6-4-8(19-10)12(15)17-2/h3-6H,1-2H3/q+1. The van der Waals surface area contributed by atoms with Gasteiger partial charge in [0.05, 0.1) is 14.2 Å². The number of halogens is 1. The Hall–Kier alpha value is -0.930. The van der Waals surface area contributed by atoms with Crippen LogP contribution >= 0.6 is 22.7 Å². The van der Waals surface area contributed by atoms with E-state index in [1.807, 2.05) is 12.1 Å². The molecule has 0 bridgehead atoms. The van der Waals surface area contributed by atoms with Crippen LogP contribution in [0.15, 0.2) is 24.3 Å². The molecule has 19 heavy (non-hydrogen) atoms. The first-order chi connectivity index (χ1) is 9.13. The molecule has 100 valence electrons. The van der Waals surface area contributed by atoms with Crippen molar-refractivity contribution in [3.63, 3.8) is 0 Å². The fourth-order valence-corrected chi connectivity index (χ4v) is 7.39. The van der Waals surface area contributed by atoms with Gasteiger partial charge < -0.3 is 9.47 Å². The number of ether oxygens (including phenoxy) is 2. The first-order valence-corrected chi connectivity index (χ1v) is 8.94. The summed E-state index contributed by atoms with van der Waals surface area (Å²) >= 11 is 2.53. The predicted octanol–water partition coefficient (Wildman–Crippen LogP) is -0.489. The van der Waals surface area contributed by atoms with Gasteiger partial charge in [0.1, 0.15) is 9.75 Å². The van der Waals surface area contributed by atoms with E-state index in [1.54, 1.807) is 12.1 Å². The monoisotopic (exact) mass is 409 g/mol. The van der Waals surface area contributed by atoms with Crippen LogP contribution < -0.4 is 21.2 Å². The lowest BCUT2D eigenvalue weighted by Gasteiger charge is -1.90. The van der Waals surface area contributed by atoms with Crippen molar-refractivity contribution in [1.82, 2.24) is 0 Å². The lowest BCUT2D eigenvalue weighted by molar-refractivity contribution is -0.585. The van der Waals surface area contributed by atoms with Crippen LogP contribution in [0.4, 0.5) is 0 Å². The van der Waals surface area contributed by atoms with Gasteiger partial charge in [0.15, 0.2) is 0 Å². The summed E-state index contributed by atoms with van der Waals surface area (Å²) in [6.45, 7) is 0. The summed E-state index contributed by atoms with van der Waals surface area (Å²) in [7, 11) is 2.75. The highest BCUT2D eigenvalue weighted by atomic mass is 127. The van der Waals surface area contributed by atoms with Crippen LogP contribution in [0.2, 0.25) is 0 Å². The molecule has 2 aromatic rings. The smallest absolute Gasteiger partial charge is 0.381 e. The average Bonchev–Trinajstić information content (AvgIpc) is 3.07. The van der Waals surface area contributed by atoms with Crippen LogP contribution in [0.3, 0.4) is 0 Å². The van der Waals surface area contributed by atoms with E-state index < -0.39 is 0 Å². The van der Waals surface area contributed by atoms with Gasteiger partial charge in [-0.25, -0.2) is 9.59 Å². The molecule has 2 aromatic heterocycles. The van der Waals surface area contributed by atoms with Crippen molar-refractivity contribution < 1.29 is 40.3 Å². The molecule has 2 rings (SSSR count). The molecule has 0 saturated heterocycles. The van der Waals surface area contributed by atoms with Crippen LogP contribution in [0, 0.1) is 5.77 Å². The zero-order chi connectivity index (χ0) is 13.8. The molecule has 0 aromatic carbocycles. The third kappa shape index (κ3) is 3.54. The molecule has 7 heteroatoms. The zero-order valence-electron chi connectivity index (χ0n) is 10.1. The van der Waals surface area contributed by atoms with E-state index >= 15 is 0 Å². The molecule has 0 aliphatic carbocycles. The number of carbonyl (C=O) groups is 2. The van der Waals surface area contributed by atoms with E-state index in [9.17, 15) is 9.59 Å². The minimum atomic E-state index is -0.370. The topological polar surface area (TPSA) is 52.6 Å². The zero-order valence-corrected chi connectivity index (χ0v) is 13.9. The largest absolute Gasteiger partial charge is 0.465 e. The van der Waals surface area contributed by atoms with Crippen LogP contribution in [-0.2, 0) is 9.47 Å². The lowest BCUT2D eigenvalue weighted by atomic mass is 10.5. The molecular weight excluding hydrogens is 399 g/mol. The maximum absolute atomic E-state index is 11.4. The summed E-state index contributed by atoms with van der Waals surface area (Å²) in [6, 6.07) is 7.45. The number of carbonyl (C=O) groups excluding carboxylic acids is 2. The highest BCUT2D eigenvalue weighted by Crippen LogP contribution is 2.12. The van der Waals surface area contributed by atoms with Gasteiger partial charge in [-0.15, -0.1) is 0 Å². The molecule has 0 radical (unpaired) electrons. The molecule has 4 nitrogen and oxygen atoms in total. The van der Waals surface area contributed by atoms with Crippen LogP contribution in [0.5, 0.6) is 0 Å². The van der Waals surface area contributed by atoms with Gasteiger partial charge in [0.25, 0.3) is 0 Å². The fraction of sp³-hybridized carbons (Fsp3) is 0.167. The molecule has 0 N–H and O–H groups in total.